The summed E-state index contributed by atoms with van der Waals surface area (Å²) in [6, 6.07) is -0.990. The highest BCUT2D eigenvalue weighted by Crippen LogP contribution is 2.32. The number of hydrogen-bond acceptors (Lipinski definition) is 12. The lowest BCUT2D eigenvalue weighted by atomic mass is 9.96. The third-order valence-corrected chi connectivity index (χ3v) is 12.5. The second-order valence-corrected chi connectivity index (χ2v) is 16.7. The lowest BCUT2D eigenvalue weighted by molar-refractivity contribution is -0.148. The topological polar surface area (TPSA) is 286 Å². The van der Waals surface area contributed by atoms with Crippen molar-refractivity contribution in [3.63, 3.8) is 0 Å². The Balaban J connectivity index is 1.67. The fourth-order valence-corrected chi connectivity index (χ4v) is 8.56. The fourth-order valence-electron chi connectivity index (χ4n) is 7.45. The molecule has 1 aromatic heterocycles. The van der Waals surface area contributed by atoms with E-state index < -0.39 is 127 Å². The molecule has 3 aliphatic rings. The Labute approximate surface area is 356 Å². The third kappa shape index (κ3) is 11.4. The van der Waals surface area contributed by atoms with Gasteiger partial charge in [-0.05, 0) is 23.5 Å². The standard InChI is InChI=1S/C40H55N9O11S/c1-6-19(3)32-37(57)42-15-29(51)43-27-18-61-39-23(22-10-8-9-11-24(22)46-39)13-25(34(54)41-16-30(52)47-32)44-38(58)33(20(4)7-2)48-36(56)28-12-21(50)17-49(28)40(59)26(45-35(27)55)14-31(53)60-5/h8-11,19-21,25-28,32-33,46,50H,6-7,12-18H2,1-5H3,(H,41,54)(H,42,57)(H,43,51)(H,44,58)(H,45,55)(H,47,52)(H,48,56)/t19-,20-,21+,25-,26-,27-,28-,32-,33-/m0/s1. The van der Waals surface area contributed by atoms with E-state index in [2.05, 4.69) is 42.2 Å². The SMILES string of the molecule is CC[C@H](C)[C@@H]1NC(=O)CNC(=O)[C@@H]2Cc3c([nH]c4ccccc34)SC[C@H](NC(=O)CNC1=O)C(=O)N[C@@H](CC(=O)OC)C(=O)N1C[C@H](O)C[C@H]1C(=O)N[C@@H]([C@@H](C)CC)C(=O)N2. The van der Waals surface area contributed by atoms with Crippen LogP contribution in [0.2, 0.25) is 0 Å². The summed E-state index contributed by atoms with van der Waals surface area (Å²) in [6.07, 6.45) is -1.40. The van der Waals surface area contributed by atoms with Crippen LogP contribution in [-0.2, 0) is 54.3 Å². The molecule has 9 N–H and O–H groups in total. The Morgan fingerprint density at radius 2 is 1.44 bits per heavy atom. The lowest BCUT2D eigenvalue weighted by Gasteiger charge is -2.32. The molecule has 3 aliphatic heterocycles. The Morgan fingerprint density at radius 1 is 0.803 bits per heavy atom. The van der Waals surface area contributed by atoms with Crippen molar-refractivity contribution in [2.45, 2.75) is 107 Å². The van der Waals surface area contributed by atoms with Crippen LogP contribution in [0.4, 0.5) is 0 Å². The van der Waals surface area contributed by atoms with Gasteiger partial charge in [-0.3, -0.25) is 43.2 Å². The van der Waals surface area contributed by atoms with Crippen LogP contribution < -0.4 is 37.2 Å². The molecule has 2 aromatic rings. The summed E-state index contributed by atoms with van der Waals surface area (Å²) < 4.78 is 4.82. The first-order valence-electron chi connectivity index (χ1n) is 20.4. The van der Waals surface area contributed by atoms with Crippen LogP contribution in [0.3, 0.4) is 0 Å². The highest BCUT2D eigenvalue weighted by Gasteiger charge is 2.44. The Hall–Kier alpha value is -5.70. The fraction of sp³-hybridized carbons (Fsp3) is 0.575. The zero-order chi connectivity index (χ0) is 44.5. The average molecular weight is 870 g/mol. The lowest BCUT2D eigenvalue weighted by Crippen LogP contribution is -2.61. The summed E-state index contributed by atoms with van der Waals surface area (Å²) in [5, 5.41) is 30.2. The molecule has 332 valence electrons. The Bertz CT molecular complexity index is 2030. The number of aliphatic hydroxyl groups excluding tert-OH is 1. The van der Waals surface area contributed by atoms with Gasteiger partial charge in [0.05, 0.1) is 37.8 Å². The summed E-state index contributed by atoms with van der Waals surface area (Å²) in [4.78, 5) is 128. The van der Waals surface area contributed by atoms with Crippen molar-refractivity contribution in [1.29, 1.82) is 0 Å². The molecule has 1 aromatic carbocycles. The number of ether oxygens (including phenoxy) is 1. The molecular weight excluding hydrogens is 815 g/mol. The number of para-hydroxylation sites is 1. The van der Waals surface area contributed by atoms with Gasteiger partial charge in [0.15, 0.2) is 0 Å². The van der Waals surface area contributed by atoms with E-state index in [4.69, 9.17) is 4.74 Å². The first-order valence-corrected chi connectivity index (χ1v) is 21.4. The highest BCUT2D eigenvalue weighted by atomic mass is 32.2. The van der Waals surface area contributed by atoms with Gasteiger partial charge in [-0.25, -0.2) is 0 Å². The number of nitrogens with zero attached hydrogens (tertiary/aromatic N) is 1. The van der Waals surface area contributed by atoms with Gasteiger partial charge in [-0.15, -0.1) is 11.8 Å². The van der Waals surface area contributed by atoms with Crippen LogP contribution in [0, 0.1) is 11.8 Å². The molecule has 8 amide bonds. The highest BCUT2D eigenvalue weighted by molar-refractivity contribution is 7.99. The van der Waals surface area contributed by atoms with E-state index in [0.717, 1.165) is 23.8 Å². The number of hydrogen-bond donors (Lipinski definition) is 9. The second-order valence-electron chi connectivity index (χ2n) is 15.7. The smallest absolute Gasteiger partial charge is 0.308 e. The minimum absolute atomic E-state index is 0.147. The number of aliphatic hydroxyl groups is 1. The van der Waals surface area contributed by atoms with Crippen LogP contribution in [0.25, 0.3) is 10.9 Å². The molecule has 9 atom stereocenters. The van der Waals surface area contributed by atoms with E-state index in [9.17, 15) is 48.3 Å². The molecule has 0 unspecified atom stereocenters. The molecule has 5 rings (SSSR count). The van der Waals surface area contributed by atoms with Gasteiger partial charge in [0.25, 0.3) is 0 Å². The van der Waals surface area contributed by atoms with Gasteiger partial charge in [0, 0.05) is 36.0 Å². The zero-order valence-electron chi connectivity index (χ0n) is 34.8. The minimum Gasteiger partial charge on any atom is -0.469 e. The van der Waals surface area contributed by atoms with Crippen molar-refractivity contribution in [2.24, 2.45) is 11.8 Å². The number of amides is 8. The number of carbonyl (C=O) groups excluding carboxylic acids is 9. The van der Waals surface area contributed by atoms with Crippen LogP contribution >= 0.6 is 11.8 Å². The molecule has 4 heterocycles. The van der Waals surface area contributed by atoms with Gasteiger partial charge in [0.1, 0.15) is 36.3 Å². The minimum atomic E-state index is -1.63. The molecule has 1 saturated heterocycles. The van der Waals surface area contributed by atoms with Crippen molar-refractivity contribution < 1.29 is 53.0 Å². The first kappa shape index (κ1) is 46.4. The van der Waals surface area contributed by atoms with E-state index in [0.29, 0.717) is 34.3 Å². The van der Waals surface area contributed by atoms with Crippen LogP contribution in [0.5, 0.6) is 0 Å². The number of nitrogens with one attached hydrogen (secondary N) is 8. The molecule has 0 radical (unpaired) electrons. The molecule has 20 nitrogen and oxygen atoms in total. The number of H-pyrrole nitrogens is 1. The van der Waals surface area contributed by atoms with Crippen LogP contribution in [-0.4, -0.2) is 143 Å². The number of thioether (sulfide) groups is 1. The van der Waals surface area contributed by atoms with Crippen molar-refractivity contribution in [2.75, 3.05) is 32.5 Å². The van der Waals surface area contributed by atoms with Gasteiger partial charge >= 0.3 is 5.97 Å². The van der Waals surface area contributed by atoms with Crippen LogP contribution in [0.1, 0.15) is 58.9 Å². The first-order chi connectivity index (χ1) is 29.0. The maximum atomic E-state index is 14.4. The normalized spacial score (nSPS) is 27.5. The molecule has 0 aliphatic carbocycles. The third-order valence-electron chi connectivity index (χ3n) is 11.4. The predicted molar refractivity (Wildman–Crippen MR) is 220 cm³/mol. The van der Waals surface area contributed by atoms with Crippen molar-refractivity contribution >= 4 is 75.9 Å². The van der Waals surface area contributed by atoms with Crippen molar-refractivity contribution in [3.05, 3.63) is 29.8 Å². The molecule has 21 heteroatoms. The summed E-state index contributed by atoms with van der Waals surface area (Å²) in [7, 11) is 1.09. The number of aromatic nitrogens is 1. The van der Waals surface area contributed by atoms with E-state index in [-0.39, 0.29) is 25.1 Å². The van der Waals surface area contributed by atoms with E-state index >= 15 is 0 Å². The molecule has 0 spiro atoms. The van der Waals surface area contributed by atoms with Gasteiger partial charge in [0.2, 0.25) is 47.3 Å². The number of esters is 1. The predicted octanol–water partition coefficient (Wildman–Crippen LogP) is -1.90. The summed E-state index contributed by atoms with van der Waals surface area (Å²) in [5.41, 5.74) is 1.18. The number of methoxy groups -OCH3 is 1. The maximum absolute atomic E-state index is 14.4. The summed E-state index contributed by atoms with van der Waals surface area (Å²) >= 11 is 1.09. The molecule has 0 saturated carbocycles. The Morgan fingerprint density at radius 3 is 2.11 bits per heavy atom. The molecule has 61 heavy (non-hydrogen) atoms. The van der Waals surface area contributed by atoms with Crippen molar-refractivity contribution in [1.82, 2.24) is 47.1 Å². The second kappa shape index (κ2) is 20.7. The van der Waals surface area contributed by atoms with E-state index in [1.54, 1.807) is 52.0 Å². The summed E-state index contributed by atoms with van der Waals surface area (Å²) in [6.45, 7) is 5.49. The van der Waals surface area contributed by atoms with E-state index in [1.807, 2.05) is 0 Å². The number of benzene rings is 1. The largest absolute Gasteiger partial charge is 0.469 e. The number of aromatic amines is 1. The summed E-state index contributed by atoms with van der Waals surface area (Å²) in [5.74, 6) is -8.35. The molecular formula is C40H55N9O11S. The molecule has 1 fully saturated rings. The monoisotopic (exact) mass is 869 g/mol. The zero-order valence-corrected chi connectivity index (χ0v) is 35.6. The number of rotatable bonds is 6. The molecule has 2 bridgehead atoms. The van der Waals surface area contributed by atoms with Gasteiger partial charge < -0.3 is 56.9 Å². The quantitative estimate of drug-likeness (QED) is 0.144. The van der Waals surface area contributed by atoms with E-state index in [1.165, 1.54) is 0 Å². The van der Waals surface area contributed by atoms with Crippen LogP contribution in [0.15, 0.2) is 29.3 Å². The maximum Gasteiger partial charge on any atom is 0.308 e. The van der Waals surface area contributed by atoms with Gasteiger partial charge in [-0.2, -0.15) is 0 Å². The average Bonchev–Trinajstić information content (AvgIpc) is 3.81. The number of carbonyl (C=O) groups is 9. The Kier molecular flexibility index (Phi) is 15.7. The van der Waals surface area contributed by atoms with Crippen molar-refractivity contribution in [3.8, 4) is 0 Å². The van der Waals surface area contributed by atoms with Gasteiger partial charge in [-0.1, -0.05) is 58.7 Å². The number of fused-ring (bicyclic) bond motifs is 5.